The van der Waals surface area contributed by atoms with Crippen molar-refractivity contribution in [1.82, 2.24) is 0 Å². The zero-order valence-corrected chi connectivity index (χ0v) is 3.84. The van der Waals surface area contributed by atoms with Crippen LogP contribution in [0, 0.1) is 0 Å². The van der Waals surface area contributed by atoms with Crippen LogP contribution in [-0.2, 0) is 0 Å². The molecule has 0 spiro atoms. The minimum Gasteiger partial charge on any atom is -0.233 e. The van der Waals surface area contributed by atoms with Crippen LogP contribution >= 0.6 is 12.6 Å². The fraction of sp³-hybridized carbons (Fsp3) is 0.500. The van der Waals surface area contributed by atoms with E-state index in [1.165, 1.54) is 6.34 Å². The molecule has 1 rings (SSSR count). The van der Waals surface area contributed by atoms with Crippen LogP contribution < -0.4 is 0 Å². The minimum absolute atomic E-state index is 0.231. The molecule has 6 heavy (non-hydrogen) atoms. The predicted molar refractivity (Wildman–Crippen MR) is 26.1 cm³/mol. The molecular formula is C2H3N3S. The summed E-state index contributed by atoms with van der Waals surface area (Å²) in [4.78, 5) is 3.64. The van der Waals surface area contributed by atoms with Crippen molar-refractivity contribution in [3.05, 3.63) is 0 Å². The van der Waals surface area contributed by atoms with E-state index in [0.717, 1.165) is 0 Å². The molecule has 1 aliphatic rings. The molecule has 0 fully saturated rings. The number of aliphatic imine (C=N–C) groups is 1. The van der Waals surface area contributed by atoms with Crippen molar-refractivity contribution in [1.29, 1.82) is 0 Å². The van der Waals surface area contributed by atoms with Crippen molar-refractivity contribution >= 4 is 19.0 Å². The van der Waals surface area contributed by atoms with Gasteiger partial charge in [-0.1, -0.05) is 0 Å². The van der Waals surface area contributed by atoms with E-state index < -0.39 is 0 Å². The maximum atomic E-state index is 3.83. The Morgan fingerprint density at radius 3 is 2.67 bits per heavy atom. The van der Waals surface area contributed by atoms with Crippen LogP contribution in [0.4, 0.5) is 0 Å². The van der Waals surface area contributed by atoms with E-state index in [9.17, 15) is 0 Å². The second kappa shape index (κ2) is 1.38. The van der Waals surface area contributed by atoms with Crippen molar-refractivity contribution in [2.24, 2.45) is 15.2 Å². The molecule has 0 saturated carbocycles. The summed E-state index contributed by atoms with van der Waals surface area (Å²) in [6.45, 7) is 0. The highest BCUT2D eigenvalue weighted by molar-refractivity contribution is 7.80. The predicted octanol–water partition coefficient (Wildman–Crippen LogP) is 0.694. The molecule has 0 aromatic heterocycles. The Balaban J connectivity index is 2.60. The molecule has 4 heteroatoms. The molecule has 3 nitrogen and oxygen atoms in total. The molecule has 1 atom stereocenters. The molecule has 0 radical (unpaired) electrons. The topological polar surface area (TPSA) is 37.1 Å². The van der Waals surface area contributed by atoms with E-state index in [-0.39, 0.29) is 5.50 Å². The number of hydrogen-bond donors (Lipinski definition) is 1. The number of nitrogens with zero attached hydrogens (tertiary/aromatic N) is 3. The lowest BCUT2D eigenvalue weighted by Gasteiger charge is -1.80. The van der Waals surface area contributed by atoms with Gasteiger partial charge in [0, 0.05) is 0 Å². The first kappa shape index (κ1) is 3.80. The second-order valence-electron chi connectivity index (χ2n) is 0.842. The summed E-state index contributed by atoms with van der Waals surface area (Å²) >= 11 is 3.83. The second-order valence-corrected chi connectivity index (χ2v) is 1.30. The maximum absolute atomic E-state index is 3.83. The summed E-state index contributed by atoms with van der Waals surface area (Å²) in [5.74, 6) is 0. The summed E-state index contributed by atoms with van der Waals surface area (Å²) in [5, 5.41) is 6.92. The Morgan fingerprint density at radius 1 is 1.67 bits per heavy atom. The highest BCUT2D eigenvalue weighted by Crippen LogP contribution is 2.01. The molecule has 1 heterocycles. The van der Waals surface area contributed by atoms with Gasteiger partial charge in [-0.25, -0.2) is 4.99 Å². The van der Waals surface area contributed by atoms with E-state index in [1.807, 2.05) is 0 Å². The van der Waals surface area contributed by atoms with E-state index in [2.05, 4.69) is 27.8 Å². The van der Waals surface area contributed by atoms with Crippen LogP contribution in [0.1, 0.15) is 0 Å². The Morgan fingerprint density at radius 2 is 2.50 bits per heavy atom. The summed E-state index contributed by atoms with van der Waals surface area (Å²) in [6, 6.07) is 0. The average Bonchev–Trinajstić information content (AvgIpc) is 1.86. The highest BCUT2D eigenvalue weighted by atomic mass is 32.1. The average molecular weight is 101 g/mol. The van der Waals surface area contributed by atoms with Crippen molar-refractivity contribution in [2.45, 2.75) is 5.50 Å². The third-order valence-electron chi connectivity index (χ3n) is 0.422. The summed E-state index contributed by atoms with van der Waals surface area (Å²) in [7, 11) is 0. The van der Waals surface area contributed by atoms with Crippen molar-refractivity contribution in [3.8, 4) is 0 Å². The Kier molecular flexibility index (Phi) is 0.874. The molecule has 0 aromatic rings. The van der Waals surface area contributed by atoms with Crippen molar-refractivity contribution < 1.29 is 0 Å². The van der Waals surface area contributed by atoms with Crippen LogP contribution in [0.3, 0.4) is 0 Å². The third-order valence-corrected chi connectivity index (χ3v) is 0.658. The fourth-order valence-electron chi connectivity index (χ4n) is 0.209. The molecule has 1 aliphatic heterocycles. The molecule has 0 N–H and O–H groups in total. The van der Waals surface area contributed by atoms with Crippen LogP contribution in [0.15, 0.2) is 15.2 Å². The van der Waals surface area contributed by atoms with Crippen molar-refractivity contribution in [2.75, 3.05) is 0 Å². The lowest BCUT2D eigenvalue weighted by atomic mass is 11.2. The number of rotatable bonds is 0. The minimum atomic E-state index is -0.231. The van der Waals surface area contributed by atoms with Gasteiger partial charge in [-0.15, -0.1) is 22.9 Å². The van der Waals surface area contributed by atoms with Gasteiger partial charge in [0.15, 0.2) is 0 Å². The van der Waals surface area contributed by atoms with Gasteiger partial charge in [0.2, 0.25) is 5.50 Å². The standard InChI is InChI=1S/C2H3N3S/c6-2-3-1-4-5-2/h1-2,6H. The molecule has 1 unspecified atom stereocenters. The lowest BCUT2D eigenvalue weighted by Crippen LogP contribution is -1.76. The lowest BCUT2D eigenvalue weighted by molar-refractivity contribution is 0.981. The summed E-state index contributed by atoms with van der Waals surface area (Å²) in [5.41, 5.74) is -0.231. The summed E-state index contributed by atoms with van der Waals surface area (Å²) in [6.07, 6.45) is 1.39. The molecule has 0 saturated heterocycles. The molecular weight excluding hydrogens is 98.1 g/mol. The smallest absolute Gasteiger partial charge is 0.205 e. The van der Waals surface area contributed by atoms with Crippen LogP contribution in [0.25, 0.3) is 0 Å². The molecule has 0 amide bonds. The van der Waals surface area contributed by atoms with Gasteiger partial charge in [-0.3, -0.25) is 0 Å². The molecule has 0 aliphatic carbocycles. The first-order valence-corrected chi connectivity index (χ1v) is 2.01. The van der Waals surface area contributed by atoms with Gasteiger partial charge in [0.1, 0.15) is 6.34 Å². The zero-order valence-electron chi connectivity index (χ0n) is 2.94. The molecule has 0 bridgehead atoms. The van der Waals surface area contributed by atoms with Crippen molar-refractivity contribution in [3.63, 3.8) is 0 Å². The normalized spacial score (nSPS) is 29.2. The monoisotopic (exact) mass is 101 g/mol. The van der Waals surface area contributed by atoms with Gasteiger partial charge >= 0.3 is 0 Å². The fourth-order valence-corrected chi connectivity index (χ4v) is 0.328. The maximum Gasteiger partial charge on any atom is 0.205 e. The Labute approximate surface area is 40.6 Å². The van der Waals surface area contributed by atoms with Crippen LogP contribution in [0.5, 0.6) is 0 Å². The Bertz CT molecular complexity index is 85.0. The highest BCUT2D eigenvalue weighted by Gasteiger charge is 1.94. The first-order chi connectivity index (χ1) is 2.89. The number of azo groups is 1. The number of hydrogen-bond acceptors (Lipinski definition) is 4. The van der Waals surface area contributed by atoms with E-state index in [1.54, 1.807) is 0 Å². The number of thiol groups is 1. The van der Waals surface area contributed by atoms with Crippen LogP contribution in [0.2, 0.25) is 0 Å². The zero-order chi connectivity index (χ0) is 4.41. The largest absolute Gasteiger partial charge is 0.233 e. The van der Waals surface area contributed by atoms with Gasteiger partial charge < -0.3 is 0 Å². The molecule has 0 aromatic carbocycles. The first-order valence-electron chi connectivity index (χ1n) is 1.49. The molecule has 32 valence electrons. The third kappa shape index (κ3) is 0.567. The van der Waals surface area contributed by atoms with E-state index in [4.69, 9.17) is 0 Å². The quantitative estimate of drug-likeness (QED) is 0.436. The van der Waals surface area contributed by atoms with Gasteiger partial charge in [-0.05, 0) is 0 Å². The van der Waals surface area contributed by atoms with E-state index in [0.29, 0.717) is 0 Å². The van der Waals surface area contributed by atoms with Gasteiger partial charge in [0.25, 0.3) is 0 Å². The van der Waals surface area contributed by atoms with Gasteiger partial charge in [0.05, 0.1) is 0 Å². The Hall–Kier alpha value is -0.380. The summed E-state index contributed by atoms with van der Waals surface area (Å²) < 4.78 is 0. The van der Waals surface area contributed by atoms with Crippen LogP contribution in [-0.4, -0.2) is 11.8 Å². The van der Waals surface area contributed by atoms with E-state index >= 15 is 0 Å². The van der Waals surface area contributed by atoms with Gasteiger partial charge in [-0.2, -0.15) is 0 Å². The SMILES string of the molecule is SC1N=CN=N1.